The first-order chi connectivity index (χ1) is 13.3. The number of halogens is 1. The van der Waals surface area contributed by atoms with Crippen molar-refractivity contribution in [1.82, 2.24) is 9.78 Å². The second kappa shape index (κ2) is 7.67. The van der Waals surface area contributed by atoms with Crippen molar-refractivity contribution in [2.75, 3.05) is 5.32 Å². The molecule has 1 aromatic carbocycles. The zero-order chi connectivity index (χ0) is 20.4. The van der Waals surface area contributed by atoms with E-state index in [1.165, 1.54) is 16.8 Å². The molecule has 28 heavy (non-hydrogen) atoms. The van der Waals surface area contributed by atoms with E-state index in [0.29, 0.717) is 17.8 Å². The second-order valence-electron chi connectivity index (χ2n) is 6.48. The molecule has 1 aromatic heterocycles. The van der Waals surface area contributed by atoms with Gasteiger partial charge in [-0.3, -0.25) is 9.59 Å². The van der Waals surface area contributed by atoms with Gasteiger partial charge in [0, 0.05) is 12.1 Å². The third-order valence-corrected chi connectivity index (χ3v) is 4.54. The lowest BCUT2D eigenvalue weighted by Gasteiger charge is -2.11. The predicted molar refractivity (Wildman–Crippen MR) is 105 cm³/mol. The molecule has 0 unspecified atom stereocenters. The van der Waals surface area contributed by atoms with E-state index in [4.69, 9.17) is 0 Å². The summed E-state index contributed by atoms with van der Waals surface area (Å²) in [5.74, 6) is -1.05. The largest absolute Gasteiger partial charge is 0.324 e. The number of nitrogens with one attached hydrogen (secondary N) is 1. The summed E-state index contributed by atoms with van der Waals surface area (Å²) < 4.78 is 15.1. The standard InChI is InChI=1S/C20H20FN5O2/c1-11-12(2)22-20(24-19(11)28)26-14(4)15(13(3)25-26)9-10-18(27)23-17-8-6-5-7-16(17)21/h5-8H,1,9-10H2,2-4H3,(H,23,27). The predicted octanol–water partition coefficient (Wildman–Crippen LogP) is 2.97. The van der Waals surface area contributed by atoms with E-state index < -0.39 is 11.7 Å². The molecule has 2 amide bonds. The van der Waals surface area contributed by atoms with Crippen LogP contribution in [0.2, 0.25) is 0 Å². The Labute approximate surface area is 161 Å². The third kappa shape index (κ3) is 3.80. The average Bonchev–Trinajstić information content (AvgIpc) is 2.93. The van der Waals surface area contributed by atoms with E-state index in [9.17, 15) is 14.0 Å². The normalized spacial score (nSPS) is 14.0. The van der Waals surface area contributed by atoms with Gasteiger partial charge in [0.15, 0.2) is 0 Å². The van der Waals surface area contributed by atoms with Gasteiger partial charge >= 0.3 is 0 Å². The summed E-state index contributed by atoms with van der Waals surface area (Å²) in [5, 5.41) is 6.97. The maximum atomic E-state index is 13.7. The number of benzene rings is 1. The Bertz CT molecular complexity index is 1050. The molecule has 1 aliphatic heterocycles. The fourth-order valence-electron chi connectivity index (χ4n) is 2.90. The monoisotopic (exact) mass is 381 g/mol. The first kappa shape index (κ1) is 19.3. The highest BCUT2D eigenvalue weighted by atomic mass is 19.1. The van der Waals surface area contributed by atoms with Crippen LogP contribution in [0.3, 0.4) is 0 Å². The van der Waals surface area contributed by atoms with Crippen LogP contribution in [0.4, 0.5) is 10.1 Å². The number of aromatic nitrogens is 2. The van der Waals surface area contributed by atoms with E-state index in [2.05, 4.69) is 27.0 Å². The molecule has 8 heteroatoms. The lowest BCUT2D eigenvalue weighted by atomic mass is 10.1. The highest BCUT2D eigenvalue weighted by molar-refractivity contribution is 6.27. The Balaban J connectivity index is 1.75. The number of rotatable bonds is 4. The molecule has 2 heterocycles. The van der Waals surface area contributed by atoms with Gasteiger partial charge in [-0.1, -0.05) is 18.7 Å². The van der Waals surface area contributed by atoms with E-state index in [1.54, 1.807) is 19.1 Å². The van der Waals surface area contributed by atoms with Gasteiger partial charge in [0.2, 0.25) is 5.91 Å². The zero-order valence-corrected chi connectivity index (χ0v) is 15.9. The van der Waals surface area contributed by atoms with Crippen molar-refractivity contribution in [3.63, 3.8) is 0 Å². The van der Waals surface area contributed by atoms with Gasteiger partial charge < -0.3 is 5.32 Å². The van der Waals surface area contributed by atoms with Crippen LogP contribution in [0.5, 0.6) is 0 Å². The fourth-order valence-corrected chi connectivity index (χ4v) is 2.90. The van der Waals surface area contributed by atoms with Crippen LogP contribution in [-0.2, 0) is 16.0 Å². The minimum Gasteiger partial charge on any atom is -0.324 e. The number of para-hydroxylation sites is 1. The number of carbonyl (C=O) groups is 2. The van der Waals surface area contributed by atoms with E-state index >= 15 is 0 Å². The molecule has 0 fully saturated rings. The van der Waals surface area contributed by atoms with Crippen molar-refractivity contribution in [2.45, 2.75) is 33.6 Å². The van der Waals surface area contributed by atoms with Gasteiger partial charge in [-0.05, 0) is 44.9 Å². The Morgan fingerprint density at radius 1 is 1.21 bits per heavy atom. The maximum absolute atomic E-state index is 13.7. The van der Waals surface area contributed by atoms with Gasteiger partial charge in [0.05, 0.1) is 22.7 Å². The van der Waals surface area contributed by atoms with E-state index in [-0.39, 0.29) is 29.5 Å². The Morgan fingerprint density at radius 2 is 1.93 bits per heavy atom. The van der Waals surface area contributed by atoms with Crippen LogP contribution in [-0.4, -0.2) is 33.3 Å². The third-order valence-electron chi connectivity index (χ3n) is 4.54. The van der Waals surface area contributed by atoms with E-state index in [1.807, 2.05) is 13.8 Å². The summed E-state index contributed by atoms with van der Waals surface area (Å²) in [6, 6.07) is 6.01. The summed E-state index contributed by atoms with van der Waals surface area (Å²) in [5.41, 5.74) is 3.21. The molecule has 2 aromatic rings. The van der Waals surface area contributed by atoms with Crippen molar-refractivity contribution >= 4 is 29.2 Å². The highest BCUT2D eigenvalue weighted by Gasteiger charge is 2.22. The molecular weight excluding hydrogens is 361 g/mol. The summed E-state index contributed by atoms with van der Waals surface area (Å²) in [6.45, 7) is 8.98. The number of hydrogen-bond acceptors (Lipinski definition) is 4. The smallest absolute Gasteiger partial charge is 0.281 e. The molecule has 3 rings (SSSR count). The molecule has 1 aliphatic rings. The molecule has 1 N–H and O–H groups in total. The van der Waals surface area contributed by atoms with Gasteiger partial charge in [-0.2, -0.15) is 10.1 Å². The lowest BCUT2D eigenvalue weighted by molar-refractivity contribution is -0.116. The maximum Gasteiger partial charge on any atom is 0.281 e. The van der Waals surface area contributed by atoms with Crippen LogP contribution in [0.15, 0.2) is 46.4 Å². The number of amides is 2. The quantitative estimate of drug-likeness (QED) is 0.826. The SMILES string of the molecule is C=C1C(=O)N=C(n2nc(C)c(CCC(=O)Nc3ccccc3F)c2C)N=C1C. The van der Waals surface area contributed by atoms with Gasteiger partial charge in [-0.15, -0.1) is 0 Å². The number of aliphatic imine (C=N–C) groups is 2. The first-order valence-corrected chi connectivity index (χ1v) is 8.75. The summed E-state index contributed by atoms with van der Waals surface area (Å²) >= 11 is 0. The fraction of sp³-hybridized carbons (Fsp3) is 0.250. The van der Waals surface area contributed by atoms with Crippen molar-refractivity contribution < 1.29 is 14.0 Å². The van der Waals surface area contributed by atoms with Gasteiger partial charge in [0.25, 0.3) is 11.9 Å². The molecule has 0 saturated heterocycles. The van der Waals surface area contributed by atoms with Crippen LogP contribution >= 0.6 is 0 Å². The minimum atomic E-state index is -0.481. The molecule has 144 valence electrons. The summed E-state index contributed by atoms with van der Waals surface area (Å²) in [7, 11) is 0. The van der Waals surface area contributed by atoms with Gasteiger partial charge in [-0.25, -0.2) is 14.1 Å². The Hall–Kier alpha value is -3.42. The number of nitrogens with zero attached hydrogens (tertiary/aromatic N) is 4. The van der Waals surface area contributed by atoms with Crippen LogP contribution in [0, 0.1) is 19.7 Å². The number of aryl methyl sites for hydroxylation is 1. The topological polar surface area (TPSA) is 88.7 Å². The molecular formula is C20H20FN5O2. The molecule has 0 saturated carbocycles. The molecule has 0 atom stereocenters. The van der Waals surface area contributed by atoms with Crippen LogP contribution in [0.1, 0.15) is 30.3 Å². The number of hydrogen-bond donors (Lipinski definition) is 1. The van der Waals surface area contributed by atoms with Crippen molar-refractivity contribution in [3.8, 4) is 0 Å². The summed E-state index contributed by atoms with van der Waals surface area (Å²) in [4.78, 5) is 32.3. The second-order valence-corrected chi connectivity index (χ2v) is 6.48. The van der Waals surface area contributed by atoms with Crippen molar-refractivity contribution in [1.29, 1.82) is 0 Å². The Morgan fingerprint density at radius 3 is 2.61 bits per heavy atom. The van der Waals surface area contributed by atoms with Crippen molar-refractivity contribution in [2.24, 2.45) is 9.98 Å². The lowest BCUT2D eigenvalue weighted by Crippen LogP contribution is -2.23. The van der Waals surface area contributed by atoms with E-state index in [0.717, 1.165) is 11.3 Å². The Kier molecular flexibility index (Phi) is 5.30. The van der Waals surface area contributed by atoms with Gasteiger partial charge in [0.1, 0.15) is 5.82 Å². The van der Waals surface area contributed by atoms with Crippen molar-refractivity contribution in [3.05, 3.63) is 59.2 Å². The molecule has 0 bridgehead atoms. The molecule has 7 nitrogen and oxygen atoms in total. The average molecular weight is 381 g/mol. The number of carbonyl (C=O) groups excluding carboxylic acids is 2. The summed E-state index contributed by atoms with van der Waals surface area (Å²) in [6.07, 6.45) is 0.570. The minimum absolute atomic E-state index is 0.150. The molecule has 0 spiro atoms. The highest BCUT2D eigenvalue weighted by Crippen LogP contribution is 2.18. The van der Waals surface area contributed by atoms with Crippen LogP contribution < -0.4 is 5.32 Å². The first-order valence-electron chi connectivity index (χ1n) is 8.75. The number of anilines is 1. The molecule has 0 radical (unpaired) electrons. The van der Waals surface area contributed by atoms with Crippen LogP contribution in [0.25, 0.3) is 0 Å². The molecule has 0 aliphatic carbocycles. The zero-order valence-electron chi connectivity index (χ0n) is 15.9.